The number of methoxy groups -OCH3 is 1. The van der Waals surface area contributed by atoms with Gasteiger partial charge in [0.05, 0.1) is 5.60 Å². The summed E-state index contributed by atoms with van der Waals surface area (Å²) in [6, 6.07) is 2.25. The summed E-state index contributed by atoms with van der Waals surface area (Å²) in [5, 5.41) is 3.39. The average molecular weight is 222 g/mol. The van der Waals surface area contributed by atoms with Gasteiger partial charge in [-0.3, -0.25) is 0 Å². The number of piperidine rings is 1. The molecule has 0 aromatic carbocycles. The Kier molecular flexibility index (Phi) is 3.36. The zero-order valence-corrected chi connectivity index (χ0v) is 10.5. The Hall–Kier alpha value is -0.800. The molecule has 16 heavy (non-hydrogen) atoms. The topological polar surface area (TPSA) is 37.0 Å². The molecule has 1 fully saturated rings. The third-order valence-corrected chi connectivity index (χ3v) is 3.72. The Labute approximate surface area is 97.6 Å². The molecule has 0 amide bonds. The second-order valence-corrected chi connectivity index (χ2v) is 4.92. The summed E-state index contributed by atoms with van der Waals surface area (Å²) >= 11 is 0. The van der Waals surface area contributed by atoms with Gasteiger partial charge in [0.25, 0.3) is 0 Å². The minimum absolute atomic E-state index is 0.0463. The zero-order chi connectivity index (χ0) is 11.6. The molecule has 3 heteroatoms. The van der Waals surface area contributed by atoms with E-state index >= 15 is 0 Å². The second kappa shape index (κ2) is 4.60. The van der Waals surface area contributed by atoms with Crippen LogP contribution in [0.5, 0.6) is 0 Å². The van der Waals surface area contributed by atoms with Gasteiger partial charge in [0.1, 0.15) is 0 Å². The van der Waals surface area contributed by atoms with E-state index in [2.05, 4.69) is 30.2 Å². The van der Waals surface area contributed by atoms with Crippen molar-refractivity contribution in [1.29, 1.82) is 0 Å². The van der Waals surface area contributed by atoms with Gasteiger partial charge in [-0.05, 0) is 51.4 Å². The van der Waals surface area contributed by atoms with Crippen LogP contribution in [-0.2, 0) is 11.2 Å². The highest BCUT2D eigenvalue weighted by atomic mass is 16.5. The summed E-state index contributed by atoms with van der Waals surface area (Å²) in [5.74, 6) is 0. The molecule has 1 aliphatic rings. The van der Waals surface area contributed by atoms with Crippen molar-refractivity contribution in [3.05, 3.63) is 23.0 Å². The highest BCUT2D eigenvalue weighted by Crippen LogP contribution is 2.28. The van der Waals surface area contributed by atoms with Gasteiger partial charge >= 0.3 is 0 Å². The van der Waals surface area contributed by atoms with Crippen LogP contribution in [0, 0.1) is 13.8 Å². The number of aryl methyl sites for hydroxylation is 2. The lowest BCUT2D eigenvalue weighted by atomic mass is 9.85. The van der Waals surface area contributed by atoms with E-state index in [-0.39, 0.29) is 5.60 Å². The van der Waals surface area contributed by atoms with Gasteiger partial charge < -0.3 is 15.0 Å². The van der Waals surface area contributed by atoms with Crippen LogP contribution in [-0.4, -0.2) is 30.8 Å². The van der Waals surface area contributed by atoms with Crippen LogP contribution < -0.4 is 5.32 Å². The van der Waals surface area contributed by atoms with Gasteiger partial charge in [-0.2, -0.15) is 0 Å². The van der Waals surface area contributed by atoms with Crippen molar-refractivity contribution in [2.24, 2.45) is 0 Å². The summed E-state index contributed by atoms with van der Waals surface area (Å²) < 4.78 is 5.79. The van der Waals surface area contributed by atoms with Crippen molar-refractivity contribution in [1.82, 2.24) is 10.3 Å². The van der Waals surface area contributed by atoms with E-state index < -0.39 is 0 Å². The van der Waals surface area contributed by atoms with Crippen molar-refractivity contribution < 1.29 is 4.74 Å². The van der Waals surface area contributed by atoms with Crippen molar-refractivity contribution in [3.8, 4) is 0 Å². The van der Waals surface area contributed by atoms with E-state index in [1.165, 1.54) is 17.0 Å². The molecule has 0 radical (unpaired) electrons. The molecule has 2 N–H and O–H groups in total. The Bertz CT molecular complexity index is 351. The lowest BCUT2D eigenvalue weighted by Crippen LogP contribution is -2.45. The molecular weight excluding hydrogens is 200 g/mol. The standard InChI is InChI=1S/C13H22N2O/c1-10-8-12(11(2)15-10)9-13(16-3)4-6-14-7-5-13/h8,14-15H,4-7,9H2,1-3H3. The molecule has 0 aliphatic carbocycles. The molecule has 0 saturated carbocycles. The maximum Gasteiger partial charge on any atom is 0.0743 e. The predicted octanol–water partition coefficient (Wildman–Crippen LogP) is 1.94. The Balaban J connectivity index is 2.14. The van der Waals surface area contributed by atoms with Crippen LogP contribution in [0.4, 0.5) is 0 Å². The van der Waals surface area contributed by atoms with Gasteiger partial charge in [-0.25, -0.2) is 0 Å². The molecule has 0 bridgehead atoms. The fraction of sp³-hybridized carbons (Fsp3) is 0.692. The van der Waals surface area contributed by atoms with E-state index in [1.54, 1.807) is 0 Å². The molecule has 1 aromatic rings. The first-order chi connectivity index (χ1) is 7.65. The van der Waals surface area contributed by atoms with E-state index in [9.17, 15) is 0 Å². The number of ether oxygens (including phenoxy) is 1. The predicted molar refractivity (Wildman–Crippen MR) is 65.8 cm³/mol. The van der Waals surface area contributed by atoms with Crippen LogP contribution in [0.2, 0.25) is 0 Å². The number of hydrogen-bond donors (Lipinski definition) is 2. The third-order valence-electron chi connectivity index (χ3n) is 3.72. The number of aromatic amines is 1. The first-order valence-electron chi connectivity index (χ1n) is 6.06. The number of rotatable bonds is 3. The molecule has 3 nitrogen and oxygen atoms in total. The summed E-state index contributed by atoms with van der Waals surface area (Å²) in [6.07, 6.45) is 3.24. The average Bonchev–Trinajstić information content (AvgIpc) is 2.59. The molecule has 1 aliphatic heterocycles. The molecule has 0 unspecified atom stereocenters. The molecule has 1 aromatic heterocycles. The normalized spacial score (nSPS) is 19.9. The van der Waals surface area contributed by atoms with Gasteiger partial charge in [0.15, 0.2) is 0 Å². The van der Waals surface area contributed by atoms with Gasteiger partial charge in [0, 0.05) is 24.9 Å². The Morgan fingerprint density at radius 2 is 2.00 bits per heavy atom. The molecule has 1 saturated heterocycles. The maximum atomic E-state index is 5.79. The zero-order valence-electron chi connectivity index (χ0n) is 10.5. The van der Waals surface area contributed by atoms with Crippen molar-refractivity contribution in [2.75, 3.05) is 20.2 Å². The number of H-pyrrole nitrogens is 1. The van der Waals surface area contributed by atoms with Crippen LogP contribution >= 0.6 is 0 Å². The van der Waals surface area contributed by atoms with Gasteiger partial charge in [-0.1, -0.05) is 0 Å². The maximum absolute atomic E-state index is 5.79. The molecule has 90 valence electrons. The number of nitrogens with one attached hydrogen (secondary N) is 2. The molecule has 2 rings (SSSR count). The van der Waals surface area contributed by atoms with Crippen molar-refractivity contribution in [2.45, 2.75) is 38.7 Å². The smallest absolute Gasteiger partial charge is 0.0743 e. The number of hydrogen-bond acceptors (Lipinski definition) is 2. The van der Waals surface area contributed by atoms with E-state index in [4.69, 9.17) is 4.74 Å². The third kappa shape index (κ3) is 2.30. The van der Waals surface area contributed by atoms with Crippen LogP contribution in [0.1, 0.15) is 29.8 Å². The summed E-state index contributed by atoms with van der Waals surface area (Å²) in [4.78, 5) is 3.37. The summed E-state index contributed by atoms with van der Waals surface area (Å²) in [6.45, 7) is 6.39. The Morgan fingerprint density at radius 3 is 2.50 bits per heavy atom. The van der Waals surface area contributed by atoms with Crippen molar-refractivity contribution >= 4 is 0 Å². The lowest BCUT2D eigenvalue weighted by molar-refractivity contribution is -0.0334. The summed E-state index contributed by atoms with van der Waals surface area (Å²) in [7, 11) is 1.85. The van der Waals surface area contributed by atoms with Crippen molar-refractivity contribution in [3.63, 3.8) is 0 Å². The van der Waals surface area contributed by atoms with Gasteiger partial charge in [-0.15, -0.1) is 0 Å². The fourth-order valence-corrected chi connectivity index (χ4v) is 2.65. The molecular formula is C13H22N2O. The molecule has 0 atom stereocenters. The van der Waals surface area contributed by atoms with E-state index in [0.717, 1.165) is 32.4 Å². The quantitative estimate of drug-likeness (QED) is 0.820. The first-order valence-corrected chi connectivity index (χ1v) is 6.06. The molecule has 2 heterocycles. The minimum atomic E-state index is 0.0463. The number of aromatic nitrogens is 1. The highest BCUT2D eigenvalue weighted by Gasteiger charge is 2.32. The largest absolute Gasteiger partial charge is 0.378 e. The van der Waals surface area contributed by atoms with Gasteiger partial charge in [0.2, 0.25) is 0 Å². The monoisotopic (exact) mass is 222 g/mol. The first kappa shape index (κ1) is 11.7. The summed E-state index contributed by atoms with van der Waals surface area (Å²) in [5.41, 5.74) is 3.98. The second-order valence-electron chi connectivity index (χ2n) is 4.92. The highest BCUT2D eigenvalue weighted by molar-refractivity contribution is 5.26. The Morgan fingerprint density at radius 1 is 1.31 bits per heavy atom. The minimum Gasteiger partial charge on any atom is -0.378 e. The lowest BCUT2D eigenvalue weighted by Gasteiger charge is -2.36. The van der Waals surface area contributed by atoms with Crippen LogP contribution in [0.25, 0.3) is 0 Å². The van der Waals surface area contributed by atoms with Crippen LogP contribution in [0.15, 0.2) is 6.07 Å². The van der Waals surface area contributed by atoms with E-state index in [1.807, 2.05) is 7.11 Å². The van der Waals surface area contributed by atoms with Crippen LogP contribution in [0.3, 0.4) is 0 Å². The van der Waals surface area contributed by atoms with E-state index in [0.29, 0.717) is 0 Å². The SMILES string of the molecule is COC1(Cc2cc(C)[nH]c2C)CCNCC1. The fourth-order valence-electron chi connectivity index (χ4n) is 2.65. The molecule has 0 spiro atoms.